The molecule has 0 bridgehead atoms. The predicted octanol–water partition coefficient (Wildman–Crippen LogP) is 2.10. The molecule has 1 aliphatic carbocycles. The van der Waals surface area contributed by atoms with Crippen LogP contribution in [0.5, 0.6) is 0 Å². The van der Waals surface area contributed by atoms with Crippen molar-refractivity contribution in [2.45, 2.75) is 65.1 Å². The van der Waals surface area contributed by atoms with Gasteiger partial charge in [-0.3, -0.25) is 9.59 Å². The predicted molar refractivity (Wildman–Crippen MR) is 79.0 cm³/mol. The van der Waals surface area contributed by atoms with Gasteiger partial charge in [0, 0.05) is 6.04 Å². The van der Waals surface area contributed by atoms with Gasteiger partial charge in [-0.25, -0.2) is 0 Å². The second kappa shape index (κ2) is 5.98. The van der Waals surface area contributed by atoms with E-state index >= 15 is 0 Å². The van der Waals surface area contributed by atoms with Crippen molar-refractivity contribution in [3.05, 3.63) is 12.2 Å². The van der Waals surface area contributed by atoms with E-state index in [0.717, 1.165) is 19.3 Å². The van der Waals surface area contributed by atoms with Crippen molar-refractivity contribution in [1.82, 2.24) is 10.2 Å². The van der Waals surface area contributed by atoms with Crippen LogP contribution in [0.3, 0.4) is 0 Å². The minimum Gasteiger partial charge on any atom is -0.342 e. The molecule has 4 nitrogen and oxygen atoms in total. The van der Waals surface area contributed by atoms with E-state index in [9.17, 15) is 9.59 Å². The van der Waals surface area contributed by atoms with Crippen LogP contribution in [0.15, 0.2) is 12.2 Å². The van der Waals surface area contributed by atoms with Gasteiger partial charge in [0.25, 0.3) is 0 Å². The van der Waals surface area contributed by atoms with Crippen LogP contribution in [0.25, 0.3) is 0 Å². The molecule has 112 valence electrons. The lowest BCUT2D eigenvalue weighted by atomic mass is 9.88. The van der Waals surface area contributed by atoms with Crippen LogP contribution in [-0.4, -0.2) is 34.8 Å². The van der Waals surface area contributed by atoms with Crippen LogP contribution >= 0.6 is 0 Å². The highest BCUT2D eigenvalue weighted by Crippen LogP contribution is 2.28. The molecule has 2 aliphatic rings. The number of carbonyl (C=O) groups excluding carboxylic acids is 2. The highest BCUT2D eigenvalue weighted by atomic mass is 16.2. The van der Waals surface area contributed by atoms with Crippen LogP contribution in [0.1, 0.15) is 47.0 Å². The smallest absolute Gasteiger partial charge is 0.246 e. The number of allylic oxidation sites excluding steroid dienone is 1. The number of carbonyl (C=O) groups is 2. The molecular weight excluding hydrogens is 252 g/mol. The lowest BCUT2D eigenvalue weighted by molar-refractivity contribution is -0.155. The normalized spacial score (nSPS) is 31.1. The molecule has 2 amide bonds. The maximum atomic E-state index is 12.8. The summed E-state index contributed by atoms with van der Waals surface area (Å²) in [6.45, 7) is 7.99. The van der Waals surface area contributed by atoms with Gasteiger partial charge in [-0.1, -0.05) is 39.8 Å². The van der Waals surface area contributed by atoms with Crippen molar-refractivity contribution in [2.24, 2.45) is 11.8 Å². The zero-order chi connectivity index (χ0) is 14.9. The second-order valence-corrected chi connectivity index (χ2v) is 6.60. The van der Waals surface area contributed by atoms with Gasteiger partial charge < -0.3 is 10.2 Å². The van der Waals surface area contributed by atoms with E-state index in [2.05, 4.69) is 17.5 Å². The molecule has 1 fully saturated rings. The molecule has 20 heavy (non-hydrogen) atoms. The largest absolute Gasteiger partial charge is 0.342 e. The van der Waals surface area contributed by atoms with Gasteiger partial charge in [-0.2, -0.15) is 0 Å². The first-order valence-electron chi connectivity index (χ1n) is 7.71. The first kappa shape index (κ1) is 15.1. The van der Waals surface area contributed by atoms with Crippen molar-refractivity contribution in [3.63, 3.8) is 0 Å². The molecule has 0 aromatic carbocycles. The summed E-state index contributed by atoms with van der Waals surface area (Å²) in [5.41, 5.74) is 0. The van der Waals surface area contributed by atoms with Crippen LogP contribution < -0.4 is 5.32 Å². The SMILES string of the molecule is CC(C)C1NC(=O)C(C(C)C)N(C2CC=CCC2)C1=O. The fraction of sp³-hybridized carbons (Fsp3) is 0.750. The standard InChI is InChI=1S/C16H26N2O2/c1-10(2)13-16(20)18(12-8-6-5-7-9-12)14(11(3)4)15(19)17-13/h5-6,10-14H,7-9H2,1-4H3,(H,17,19). The van der Waals surface area contributed by atoms with Gasteiger partial charge in [-0.05, 0) is 31.1 Å². The van der Waals surface area contributed by atoms with Crippen molar-refractivity contribution in [1.29, 1.82) is 0 Å². The molecule has 2 rings (SSSR count). The van der Waals surface area contributed by atoms with Crippen molar-refractivity contribution in [3.8, 4) is 0 Å². The summed E-state index contributed by atoms with van der Waals surface area (Å²) < 4.78 is 0. The van der Waals surface area contributed by atoms with E-state index in [1.54, 1.807) is 0 Å². The Morgan fingerprint density at radius 1 is 1.15 bits per heavy atom. The van der Waals surface area contributed by atoms with Gasteiger partial charge >= 0.3 is 0 Å². The van der Waals surface area contributed by atoms with Crippen molar-refractivity contribution >= 4 is 11.8 Å². The maximum absolute atomic E-state index is 12.8. The average Bonchev–Trinajstić information content (AvgIpc) is 2.40. The van der Waals surface area contributed by atoms with Gasteiger partial charge in [0.1, 0.15) is 12.1 Å². The molecule has 1 saturated heterocycles. The van der Waals surface area contributed by atoms with Crippen molar-refractivity contribution < 1.29 is 9.59 Å². The summed E-state index contributed by atoms with van der Waals surface area (Å²) >= 11 is 0. The first-order chi connectivity index (χ1) is 9.43. The van der Waals surface area contributed by atoms with E-state index in [-0.39, 0.29) is 41.8 Å². The molecule has 3 atom stereocenters. The number of piperazine rings is 1. The zero-order valence-corrected chi connectivity index (χ0v) is 12.9. The molecule has 0 aromatic rings. The number of hydrogen-bond acceptors (Lipinski definition) is 2. The Bertz CT molecular complexity index is 415. The molecular formula is C16H26N2O2. The van der Waals surface area contributed by atoms with E-state index < -0.39 is 0 Å². The molecule has 1 aliphatic heterocycles. The Morgan fingerprint density at radius 3 is 2.35 bits per heavy atom. The van der Waals surface area contributed by atoms with Crippen LogP contribution in [0.2, 0.25) is 0 Å². The molecule has 1 heterocycles. The molecule has 0 saturated carbocycles. The minimum absolute atomic E-state index is 0.00727. The average molecular weight is 278 g/mol. The molecule has 3 unspecified atom stereocenters. The van der Waals surface area contributed by atoms with Gasteiger partial charge in [0.05, 0.1) is 0 Å². The van der Waals surface area contributed by atoms with Crippen molar-refractivity contribution in [2.75, 3.05) is 0 Å². The second-order valence-electron chi connectivity index (χ2n) is 6.60. The van der Waals surface area contributed by atoms with E-state index in [1.807, 2.05) is 32.6 Å². The third-order valence-electron chi connectivity index (χ3n) is 4.32. The summed E-state index contributed by atoms with van der Waals surface area (Å²) in [6.07, 6.45) is 7.12. The van der Waals surface area contributed by atoms with E-state index in [4.69, 9.17) is 0 Å². The monoisotopic (exact) mass is 278 g/mol. The molecule has 4 heteroatoms. The quantitative estimate of drug-likeness (QED) is 0.804. The Balaban J connectivity index is 2.30. The first-order valence-corrected chi connectivity index (χ1v) is 7.71. The summed E-state index contributed by atoms with van der Waals surface area (Å²) in [7, 11) is 0. The maximum Gasteiger partial charge on any atom is 0.246 e. The summed E-state index contributed by atoms with van der Waals surface area (Å²) in [5.74, 6) is 0.366. The third kappa shape index (κ3) is 2.74. The van der Waals surface area contributed by atoms with E-state index in [1.165, 1.54) is 0 Å². The van der Waals surface area contributed by atoms with Gasteiger partial charge in [0.15, 0.2) is 0 Å². The Labute approximate surface area is 121 Å². The topological polar surface area (TPSA) is 49.4 Å². The van der Waals surface area contributed by atoms with Gasteiger partial charge in [0.2, 0.25) is 11.8 Å². The number of hydrogen-bond donors (Lipinski definition) is 1. The Morgan fingerprint density at radius 2 is 1.85 bits per heavy atom. The molecule has 0 radical (unpaired) electrons. The van der Waals surface area contributed by atoms with E-state index in [0.29, 0.717) is 0 Å². The summed E-state index contributed by atoms with van der Waals surface area (Å²) in [5, 5.41) is 2.92. The summed E-state index contributed by atoms with van der Waals surface area (Å²) in [4.78, 5) is 27.1. The van der Waals surface area contributed by atoms with Crippen LogP contribution in [-0.2, 0) is 9.59 Å². The molecule has 0 aromatic heterocycles. The highest BCUT2D eigenvalue weighted by molar-refractivity contribution is 5.97. The number of rotatable bonds is 3. The lowest BCUT2D eigenvalue weighted by Crippen LogP contribution is -2.68. The fourth-order valence-electron chi connectivity index (χ4n) is 3.24. The summed E-state index contributed by atoms with van der Waals surface area (Å²) in [6, 6.07) is -0.524. The third-order valence-corrected chi connectivity index (χ3v) is 4.32. The minimum atomic E-state index is -0.372. The van der Waals surface area contributed by atoms with Gasteiger partial charge in [-0.15, -0.1) is 0 Å². The van der Waals surface area contributed by atoms with Crippen LogP contribution in [0.4, 0.5) is 0 Å². The molecule has 0 spiro atoms. The zero-order valence-electron chi connectivity index (χ0n) is 12.9. The Kier molecular flexibility index (Phi) is 4.51. The van der Waals surface area contributed by atoms with Crippen LogP contribution in [0, 0.1) is 11.8 Å². The number of nitrogens with zero attached hydrogens (tertiary/aromatic N) is 1. The fourth-order valence-corrected chi connectivity index (χ4v) is 3.24. The highest BCUT2D eigenvalue weighted by Gasteiger charge is 2.45. The number of nitrogens with one attached hydrogen (secondary N) is 1. The molecule has 1 N–H and O–H groups in total. The lowest BCUT2D eigenvalue weighted by Gasteiger charge is -2.46. The number of amides is 2. The Hall–Kier alpha value is -1.32.